The minimum absolute atomic E-state index is 0. The van der Waals surface area contributed by atoms with Gasteiger partial charge in [-0.05, 0) is 53.6 Å². The molecule has 3 rings (SSSR count). The first-order valence-corrected chi connectivity index (χ1v) is 9.53. The van der Waals surface area contributed by atoms with Crippen LogP contribution in [-0.4, -0.2) is 33.1 Å². The summed E-state index contributed by atoms with van der Waals surface area (Å²) in [6.45, 7) is 4.04. The molecule has 3 aromatic rings. The van der Waals surface area contributed by atoms with Gasteiger partial charge in [-0.25, -0.2) is 0 Å². The maximum absolute atomic E-state index is 11.2. The van der Waals surface area contributed by atoms with E-state index in [2.05, 4.69) is 15.1 Å². The van der Waals surface area contributed by atoms with Crippen LogP contribution < -0.4 is 15.0 Å². The molecule has 0 aliphatic heterocycles. The van der Waals surface area contributed by atoms with Gasteiger partial charge in [-0.15, -0.1) is 12.4 Å². The number of aromatic nitrogens is 2. The molecule has 0 saturated heterocycles. The van der Waals surface area contributed by atoms with Crippen molar-refractivity contribution in [2.45, 2.75) is 39.0 Å². The first-order chi connectivity index (χ1) is 14.3. The Bertz CT molecular complexity index is 959. The summed E-state index contributed by atoms with van der Waals surface area (Å²) in [7, 11) is 0. The molecule has 1 aromatic heterocycles. The van der Waals surface area contributed by atoms with Crippen LogP contribution >= 0.6 is 12.4 Å². The van der Waals surface area contributed by atoms with Crippen LogP contribution in [0, 0.1) is 12.1 Å². The Morgan fingerprint density at radius 1 is 1.16 bits per heavy atom. The molecule has 9 nitrogen and oxygen atoms in total. The second-order valence-corrected chi connectivity index (χ2v) is 7.21. The summed E-state index contributed by atoms with van der Waals surface area (Å²) in [5.41, 5.74) is 2.35. The number of hydrogen-bond acceptors (Lipinski definition) is 8. The number of nitrogens with zero attached hydrogens (tertiary/aromatic N) is 2. The quantitative estimate of drug-likeness (QED) is 0.364. The van der Waals surface area contributed by atoms with E-state index in [9.17, 15) is 20.5 Å². The van der Waals surface area contributed by atoms with Crippen molar-refractivity contribution in [1.82, 2.24) is 10.5 Å². The predicted molar refractivity (Wildman–Crippen MR) is 114 cm³/mol. The Hall–Kier alpha value is -3.01. The fourth-order valence-electron chi connectivity index (χ4n) is 2.99. The molecule has 0 aliphatic carbocycles. The summed E-state index contributed by atoms with van der Waals surface area (Å²) in [6.07, 6.45) is -0.120. The molecule has 0 spiro atoms. The third kappa shape index (κ3) is 6.74. The Labute approximate surface area is 185 Å². The Kier molecular flexibility index (Phi) is 8.49. The Morgan fingerprint density at radius 2 is 1.81 bits per heavy atom. The molecule has 2 aromatic carbocycles. The number of ether oxygens (including phenoxy) is 1. The highest BCUT2D eigenvalue weighted by atomic mass is 35.5. The van der Waals surface area contributed by atoms with Crippen LogP contribution in [0.2, 0.25) is 0 Å². The number of benzene rings is 2. The number of halogens is 1. The summed E-state index contributed by atoms with van der Waals surface area (Å²) in [5.74, 6) is 0.467. The van der Waals surface area contributed by atoms with Crippen molar-refractivity contribution >= 4 is 12.4 Å². The summed E-state index contributed by atoms with van der Waals surface area (Å²) in [6, 6.07) is 11.7. The molecule has 0 amide bonds. The largest absolute Gasteiger partial charge is 0.508 e. The molecule has 4 N–H and O–H groups in total. The number of rotatable bonds is 9. The van der Waals surface area contributed by atoms with Crippen molar-refractivity contribution in [2.24, 2.45) is 0 Å². The van der Waals surface area contributed by atoms with Crippen LogP contribution in [0.3, 0.4) is 0 Å². The highest BCUT2D eigenvalue weighted by molar-refractivity contribution is 5.85. The van der Waals surface area contributed by atoms with Gasteiger partial charge in [0.2, 0.25) is 0 Å². The van der Waals surface area contributed by atoms with Crippen LogP contribution in [0.5, 0.6) is 17.2 Å². The molecule has 1 heterocycles. The minimum Gasteiger partial charge on any atom is -0.508 e. The van der Waals surface area contributed by atoms with Gasteiger partial charge in [0.05, 0.1) is 6.10 Å². The second-order valence-electron chi connectivity index (χ2n) is 7.21. The van der Waals surface area contributed by atoms with E-state index < -0.39 is 6.10 Å². The molecule has 0 bridgehead atoms. The lowest BCUT2D eigenvalue weighted by Crippen LogP contribution is -2.32. The highest BCUT2D eigenvalue weighted by Gasteiger charge is 2.15. The molecule has 168 valence electrons. The predicted octanol–water partition coefficient (Wildman–Crippen LogP) is 2.28. The lowest BCUT2D eigenvalue weighted by molar-refractivity contribution is -0.806. The van der Waals surface area contributed by atoms with E-state index in [1.54, 1.807) is 6.92 Å². The molecule has 0 saturated carbocycles. The lowest BCUT2D eigenvalue weighted by atomic mass is 10.1. The molecule has 0 fully saturated rings. The van der Waals surface area contributed by atoms with Crippen molar-refractivity contribution in [3.8, 4) is 17.2 Å². The number of aromatic hydroxyl groups is 2. The summed E-state index contributed by atoms with van der Waals surface area (Å²) < 4.78 is 10.1. The van der Waals surface area contributed by atoms with Gasteiger partial charge in [0.15, 0.2) is 12.3 Å². The average Bonchev–Trinajstić information content (AvgIpc) is 3.03. The molecule has 0 unspecified atom stereocenters. The van der Waals surface area contributed by atoms with E-state index in [0.717, 1.165) is 12.0 Å². The van der Waals surface area contributed by atoms with Gasteiger partial charge < -0.3 is 30.6 Å². The molecule has 2 atom stereocenters. The van der Waals surface area contributed by atoms with E-state index in [1.807, 2.05) is 31.2 Å². The zero-order chi connectivity index (χ0) is 21.7. The maximum Gasteiger partial charge on any atom is 0.258 e. The molecule has 0 radical (unpaired) electrons. The zero-order valence-electron chi connectivity index (χ0n) is 17.2. The van der Waals surface area contributed by atoms with E-state index >= 15 is 0 Å². The Morgan fingerprint density at radius 3 is 2.39 bits per heavy atom. The Balaban J connectivity index is 0.00000341. The van der Waals surface area contributed by atoms with Gasteiger partial charge in [-0.2, -0.15) is 0 Å². The van der Waals surface area contributed by atoms with Crippen molar-refractivity contribution < 1.29 is 29.6 Å². The first kappa shape index (κ1) is 24.3. The summed E-state index contributed by atoms with van der Waals surface area (Å²) in [4.78, 5) is 0.344. The topological polar surface area (TPSA) is 135 Å². The number of phenolic OH excluding ortho intramolecular Hbond substituents is 2. The fraction of sp³-hybridized carbons (Fsp3) is 0.333. The number of phenols is 2. The average molecular weight is 452 g/mol. The van der Waals surface area contributed by atoms with Gasteiger partial charge in [0, 0.05) is 30.7 Å². The third-order valence-corrected chi connectivity index (χ3v) is 4.73. The number of aliphatic hydroxyl groups excluding tert-OH is 1. The zero-order valence-corrected chi connectivity index (χ0v) is 18.0. The summed E-state index contributed by atoms with van der Waals surface area (Å²) >= 11 is 0. The molecular weight excluding hydrogens is 426 g/mol. The highest BCUT2D eigenvalue weighted by Crippen LogP contribution is 2.24. The first-order valence-electron chi connectivity index (χ1n) is 9.53. The smallest absolute Gasteiger partial charge is 0.258 e. The second kappa shape index (κ2) is 10.9. The standard InChI is InChI=1S/C21H25N3O6.ClH/c1-13(22-11-21(27)16-8-17(25)10-18(26)9-16)7-15-3-5-19(6-4-15)29-12-20-14(2)24(28)30-23-20;/h3-6,8-10,13,21-22,25-27H,7,11-12H2,1-2H3;1H/t13-,21-;/m0./s1. The molecule has 0 aliphatic rings. The van der Waals surface area contributed by atoms with Crippen LogP contribution in [0.4, 0.5) is 0 Å². The van der Waals surface area contributed by atoms with Crippen LogP contribution in [-0.2, 0) is 13.0 Å². The number of aliphatic hydroxyl groups is 1. The van der Waals surface area contributed by atoms with E-state index in [4.69, 9.17) is 4.74 Å². The van der Waals surface area contributed by atoms with Crippen LogP contribution in [0.15, 0.2) is 47.1 Å². The van der Waals surface area contributed by atoms with E-state index in [0.29, 0.717) is 27.6 Å². The van der Waals surface area contributed by atoms with Crippen molar-refractivity contribution in [3.63, 3.8) is 0 Å². The van der Waals surface area contributed by atoms with Gasteiger partial charge >= 0.3 is 0 Å². The fourth-order valence-corrected chi connectivity index (χ4v) is 2.99. The van der Waals surface area contributed by atoms with Crippen molar-refractivity contribution in [3.05, 3.63) is 70.2 Å². The van der Waals surface area contributed by atoms with Crippen molar-refractivity contribution in [1.29, 1.82) is 0 Å². The molecule has 10 heteroatoms. The number of hydrogen-bond donors (Lipinski definition) is 4. The monoisotopic (exact) mass is 451 g/mol. The molecular formula is C21H26ClN3O6. The maximum atomic E-state index is 11.2. The number of nitrogens with one attached hydrogen (secondary N) is 1. The third-order valence-electron chi connectivity index (χ3n) is 4.73. The van der Waals surface area contributed by atoms with Gasteiger partial charge in [0.25, 0.3) is 5.69 Å². The SMILES string of the molecule is Cc1c(COc2ccc(C[C@H](C)NC[C@H](O)c3cc(O)cc(O)c3)cc2)no[n+]1[O-].Cl. The normalized spacial score (nSPS) is 12.7. The van der Waals surface area contributed by atoms with Gasteiger partial charge in [0.1, 0.15) is 17.2 Å². The van der Waals surface area contributed by atoms with E-state index in [-0.39, 0.29) is 43.1 Å². The van der Waals surface area contributed by atoms with Crippen molar-refractivity contribution in [2.75, 3.05) is 6.54 Å². The minimum atomic E-state index is -0.853. The van der Waals surface area contributed by atoms with E-state index in [1.165, 1.54) is 18.2 Å². The van der Waals surface area contributed by atoms with Gasteiger partial charge in [-0.1, -0.05) is 12.1 Å². The van der Waals surface area contributed by atoms with Gasteiger partial charge in [-0.3, -0.25) is 4.63 Å². The van der Waals surface area contributed by atoms with Crippen LogP contribution in [0.25, 0.3) is 0 Å². The summed E-state index contributed by atoms with van der Waals surface area (Å²) in [5, 5.41) is 47.4. The lowest BCUT2D eigenvalue weighted by Gasteiger charge is -2.18. The van der Waals surface area contributed by atoms with Crippen LogP contribution in [0.1, 0.15) is 35.5 Å². The molecule has 31 heavy (non-hydrogen) atoms.